The molecule has 22 heavy (non-hydrogen) atoms. The van der Waals surface area contributed by atoms with Crippen LogP contribution in [0.25, 0.3) is 5.57 Å². The maximum Gasteiger partial charge on any atom is 0.306 e. The summed E-state index contributed by atoms with van der Waals surface area (Å²) in [6.07, 6.45) is 6.14. The van der Waals surface area contributed by atoms with Gasteiger partial charge in [-0.3, -0.25) is 4.79 Å². The van der Waals surface area contributed by atoms with E-state index in [2.05, 4.69) is 25.4 Å². The predicted molar refractivity (Wildman–Crippen MR) is 87.9 cm³/mol. The zero-order valence-electron chi connectivity index (χ0n) is 13.7. The Balaban J connectivity index is 2.59. The average molecular weight is 303 g/mol. The summed E-state index contributed by atoms with van der Waals surface area (Å²) in [4.78, 5) is 14.8. The number of carbonyl (C=O) groups is 1. The first kappa shape index (κ1) is 16.6. The van der Waals surface area contributed by atoms with Gasteiger partial charge >= 0.3 is 5.97 Å². The van der Waals surface area contributed by atoms with Crippen molar-refractivity contribution in [3.63, 3.8) is 0 Å². The molecule has 120 valence electrons. The molecule has 0 saturated carbocycles. The Morgan fingerprint density at radius 1 is 1.50 bits per heavy atom. The van der Waals surface area contributed by atoms with Crippen LogP contribution in [-0.4, -0.2) is 22.7 Å². The Bertz CT molecular complexity index is 612. The van der Waals surface area contributed by atoms with E-state index in [0.29, 0.717) is 13.0 Å². The van der Waals surface area contributed by atoms with E-state index in [1.165, 1.54) is 16.7 Å². The third-order valence-electron chi connectivity index (χ3n) is 4.59. The van der Waals surface area contributed by atoms with Gasteiger partial charge in [-0.2, -0.15) is 0 Å². The fourth-order valence-electron chi connectivity index (χ4n) is 3.38. The number of ether oxygens (including phenoxy) is 1. The molecule has 0 saturated heterocycles. The summed E-state index contributed by atoms with van der Waals surface area (Å²) in [5.74, 6) is -0.833. The zero-order chi connectivity index (χ0) is 16.3. The molecule has 1 aliphatic rings. The van der Waals surface area contributed by atoms with E-state index in [4.69, 9.17) is 4.74 Å². The van der Waals surface area contributed by atoms with E-state index in [-0.39, 0.29) is 6.42 Å². The van der Waals surface area contributed by atoms with Crippen LogP contribution >= 0.6 is 0 Å². The van der Waals surface area contributed by atoms with E-state index < -0.39 is 11.6 Å². The van der Waals surface area contributed by atoms with Crippen LogP contribution in [0.2, 0.25) is 0 Å². The fraction of sp³-hybridized carbons (Fsp3) is 0.500. The van der Waals surface area contributed by atoms with Crippen LogP contribution in [0.3, 0.4) is 0 Å². The molecular weight excluding hydrogens is 278 g/mol. The van der Waals surface area contributed by atoms with Gasteiger partial charge in [-0.05, 0) is 42.9 Å². The average Bonchev–Trinajstić information content (AvgIpc) is 2.83. The van der Waals surface area contributed by atoms with Crippen molar-refractivity contribution in [2.24, 2.45) is 0 Å². The largest absolute Gasteiger partial charge is 0.481 e. The molecule has 0 radical (unpaired) electrons. The van der Waals surface area contributed by atoms with Gasteiger partial charge in [-0.1, -0.05) is 32.6 Å². The lowest BCUT2D eigenvalue weighted by molar-refractivity contribution is -0.148. The first-order valence-corrected chi connectivity index (χ1v) is 7.88. The summed E-state index contributed by atoms with van der Waals surface area (Å²) >= 11 is 0. The molecule has 4 nitrogen and oxygen atoms in total. The molecule has 0 aliphatic carbocycles. The number of hydrogen-bond donors (Lipinski definition) is 2. The number of fused-ring (bicyclic) bond motifs is 1. The second-order valence-corrected chi connectivity index (χ2v) is 5.78. The van der Waals surface area contributed by atoms with Gasteiger partial charge in [0.1, 0.15) is 5.60 Å². The van der Waals surface area contributed by atoms with Crippen LogP contribution in [0.4, 0.5) is 0 Å². The van der Waals surface area contributed by atoms with Crippen molar-refractivity contribution in [3.8, 4) is 0 Å². The van der Waals surface area contributed by atoms with E-state index >= 15 is 0 Å². The van der Waals surface area contributed by atoms with Crippen LogP contribution in [0.5, 0.6) is 0 Å². The van der Waals surface area contributed by atoms with Crippen LogP contribution in [0, 0.1) is 6.92 Å². The molecule has 1 aromatic heterocycles. The SMILES string of the molecule is C=C/C=C(/CC)c1[nH]c2c(c1C)CCOC2(CC)CC(=O)O. The highest BCUT2D eigenvalue weighted by Gasteiger charge is 2.41. The first-order chi connectivity index (χ1) is 10.5. The molecule has 4 heteroatoms. The van der Waals surface area contributed by atoms with Gasteiger partial charge in [0, 0.05) is 5.69 Å². The first-order valence-electron chi connectivity index (χ1n) is 7.88. The molecule has 1 unspecified atom stereocenters. The number of aromatic nitrogens is 1. The van der Waals surface area contributed by atoms with Gasteiger partial charge in [0.05, 0.1) is 18.7 Å². The highest BCUT2D eigenvalue weighted by molar-refractivity contribution is 5.71. The van der Waals surface area contributed by atoms with Crippen LogP contribution in [0.15, 0.2) is 18.7 Å². The van der Waals surface area contributed by atoms with Gasteiger partial charge in [0.2, 0.25) is 0 Å². The number of carboxylic acids is 1. The van der Waals surface area contributed by atoms with Crippen molar-refractivity contribution in [2.45, 2.75) is 52.1 Å². The van der Waals surface area contributed by atoms with Crippen molar-refractivity contribution >= 4 is 11.5 Å². The molecule has 0 aromatic carbocycles. The van der Waals surface area contributed by atoms with Gasteiger partial charge in [-0.15, -0.1) is 0 Å². The number of rotatable bonds is 6. The molecule has 1 atom stereocenters. The molecule has 0 amide bonds. The van der Waals surface area contributed by atoms with E-state index in [0.717, 1.165) is 24.2 Å². The monoisotopic (exact) mass is 303 g/mol. The number of hydrogen-bond acceptors (Lipinski definition) is 2. The molecule has 2 rings (SSSR count). The van der Waals surface area contributed by atoms with Crippen molar-refractivity contribution in [2.75, 3.05) is 6.61 Å². The number of aromatic amines is 1. The van der Waals surface area contributed by atoms with Gasteiger partial charge < -0.3 is 14.8 Å². The van der Waals surface area contributed by atoms with Crippen LogP contribution in [0.1, 0.15) is 55.6 Å². The third kappa shape index (κ3) is 2.75. The predicted octanol–water partition coefficient (Wildman–Crippen LogP) is 3.96. The van der Waals surface area contributed by atoms with Crippen molar-refractivity contribution in [1.82, 2.24) is 4.98 Å². The van der Waals surface area contributed by atoms with Crippen molar-refractivity contribution in [3.05, 3.63) is 41.2 Å². The van der Waals surface area contributed by atoms with Gasteiger partial charge in [-0.25, -0.2) is 0 Å². The molecule has 1 aliphatic heterocycles. The Labute approximate surface area is 131 Å². The second-order valence-electron chi connectivity index (χ2n) is 5.78. The van der Waals surface area contributed by atoms with Crippen LogP contribution < -0.4 is 0 Å². The van der Waals surface area contributed by atoms with Crippen LogP contribution in [-0.2, 0) is 21.6 Å². The summed E-state index contributed by atoms with van der Waals surface area (Å²) in [6.45, 7) is 10.5. The van der Waals surface area contributed by atoms with E-state index in [1.54, 1.807) is 6.08 Å². The summed E-state index contributed by atoms with van der Waals surface area (Å²) in [7, 11) is 0. The van der Waals surface area contributed by atoms with Crippen molar-refractivity contribution < 1.29 is 14.6 Å². The summed E-state index contributed by atoms with van der Waals surface area (Å²) < 4.78 is 5.94. The summed E-state index contributed by atoms with van der Waals surface area (Å²) in [6, 6.07) is 0. The number of H-pyrrole nitrogens is 1. The van der Waals surface area contributed by atoms with E-state index in [1.807, 2.05) is 13.0 Å². The zero-order valence-corrected chi connectivity index (χ0v) is 13.7. The summed E-state index contributed by atoms with van der Waals surface area (Å²) in [5.41, 5.74) is 4.89. The molecule has 0 spiro atoms. The van der Waals surface area contributed by atoms with E-state index in [9.17, 15) is 9.90 Å². The lowest BCUT2D eigenvalue weighted by atomic mass is 9.86. The maximum atomic E-state index is 11.3. The number of aliphatic carboxylic acids is 1. The fourth-order valence-corrected chi connectivity index (χ4v) is 3.38. The second kappa shape index (κ2) is 6.53. The number of nitrogens with one attached hydrogen (secondary N) is 1. The number of allylic oxidation sites excluding steroid dienone is 3. The minimum Gasteiger partial charge on any atom is -0.481 e. The lowest BCUT2D eigenvalue weighted by Gasteiger charge is -2.35. The molecule has 1 aromatic rings. The molecule has 2 N–H and O–H groups in total. The third-order valence-corrected chi connectivity index (χ3v) is 4.59. The molecular formula is C18H25NO3. The van der Waals surface area contributed by atoms with Crippen molar-refractivity contribution in [1.29, 1.82) is 0 Å². The lowest BCUT2D eigenvalue weighted by Crippen LogP contribution is -2.37. The summed E-state index contributed by atoms with van der Waals surface area (Å²) in [5, 5.41) is 9.28. The van der Waals surface area contributed by atoms with Gasteiger partial charge in [0.25, 0.3) is 0 Å². The topological polar surface area (TPSA) is 62.3 Å². The standard InChI is InChI=1S/C18H25NO3/c1-5-8-13(6-2)16-12(4)14-9-10-22-18(7-3,11-15(20)21)17(14)19-16/h5,8,19H,1,6-7,9-11H2,2-4H3,(H,20,21)/b13-8-. The highest BCUT2D eigenvalue weighted by Crippen LogP contribution is 2.41. The molecule has 0 fully saturated rings. The maximum absolute atomic E-state index is 11.3. The Morgan fingerprint density at radius 3 is 2.77 bits per heavy atom. The minimum absolute atomic E-state index is 0.0114. The Hall–Kier alpha value is -1.81. The highest BCUT2D eigenvalue weighted by atomic mass is 16.5. The normalized spacial score (nSPS) is 21.5. The molecule has 2 heterocycles. The minimum atomic E-state index is -0.833. The van der Waals surface area contributed by atoms with Gasteiger partial charge in [0.15, 0.2) is 0 Å². The molecule has 0 bridgehead atoms. The smallest absolute Gasteiger partial charge is 0.306 e. The Kier molecular flexibility index (Phi) is 4.91. The Morgan fingerprint density at radius 2 is 2.23 bits per heavy atom. The quantitative estimate of drug-likeness (QED) is 0.782. The number of carboxylic acid groups (broad SMARTS) is 1.